The number of Topliss-reactive ketones (excluding diaryl/α,β-unsaturated/α-hetero) is 3. The summed E-state index contributed by atoms with van der Waals surface area (Å²) < 4.78 is 17.5. The number of rotatable bonds is 3. The van der Waals surface area contributed by atoms with E-state index < -0.39 is 23.3 Å². The first-order valence-corrected chi connectivity index (χ1v) is 13.8. The number of aliphatic hydroxyl groups excluding tert-OH is 1. The second kappa shape index (κ2) is 10.4. The number of carbonyl (C=O) groups excluding carboxylic acids is 3. The van der Waals surface area contributed by atoms with Gasteiger partial charge in [0.25, 0.3) is 0 Å². The molecule has 0 bridgehead atoms. The molecule has 0 fully saturated rings. The second-order valence-electron chi connectivity index (χ2n) is 11.8. The predicted octanol–water partition coefficient (Wildman–Crippen LogP) is 4.80. The molecule has 0 saturated heterocycles. The van der Waals surface area contributed by atoms with Gasteiger partial charge in [-0.15, -0.1) is 0 Å². The van der Waals surface area contributed by atoms with Crippen molar-refractivity contribution in [2.45, 2.75) is 64.3 Å². The molecule has 0 radical (unpaired) electrons. The van der Waals surface area contributed by atoms with Crippen molar-refractivity contribution in [2.75, 3.05) is 13.2 Å². The van der Waals surface area contributed by atoms with Crippen molar-refractivity contribution in [3.63, 3.8) is 0 Å². The van der Waals surface area contributed by atoms with Gasteiger partial charge in [0, 0.05) is 51.9 Å². The van der Waals surface area contributed by atoms with E-state index in [0.29, 0.717) is 46.9 Å². The lowest BCUT2D eigenvalue weighted by Crippen LogP contribution is -2.45. The number of hydrogen-bond donors (Lipinski definition) is 2. The Labute approximate surface area is 239 Å². The lowest BCUT2D eigenvalue weighted by molar-refractivity contribution is -0.114. The maximum atomic E-state index is 12.6. The van der Waals surface area contributed by atoms with E-state index in [4.69, 9.17) is 19.9 Å². The summed E-state index contributed by atoms with van der Waals surface area (Å²) >= 11 is 0. The van der Waals surface area contributed by atoms with Crippen LogP contribution in [0.1, 0.15) is 78.8 Å². The predicted molar refractivity (Wildman–Crippen MR) is 154 cm³/mol. The molecule has 0 amide bonds. The lowest BCUT2D eigenvalue weighted by atomic mass is 9.80. The molecule has 2 aromatic carbocycles. The van der Waals surface area contributed by atoms with Gasteiger partial charge in [-0.25, -0.2) is 0 Å². The largest absolute Gasteiger partial charge is 0.492 e. The Bertz CT molecular complexity index is 1540. The SMILES string of the molecule is C=C1C(=O)c2cc(OCCN)ccc2C2=C1CCC(C)(C)O2.CC1(C)OC2=C(CC1O)C(=O)C(=O)c1ccccc12. The Morgan fingerprint density at radius 1 is 0.902 bits per heavy atom. The first-order valence-electron chi connectivity index (χ1n) is 13.8. The van der Waals surface area contributed by atoms with Crippen molar-refractivity contribution in [2.24, 2.45) is 5.73 Å². The first kappa shape index (κ1) is 28.5. The molecule has 0 spiro atoms. The maximum Gasteiger partial charge on any atom is 0.234 e. The zero-order valence-corrected chi connectivity index (χ0v) is 23.8. The summed E-state index contributed by atoms with van der Waals surface area (Å²) in [5.74, 6) is 0.740. The molecule has 1 atom stereocenters. The van der Waals surface area contributed by atoms with Gasteiger partial charge in [-0.3, -0.25) is 14.4 Å². The van der Waals surface area contributed by atoms with Crippen molar-refractivity contribution >= 4 is 28.9 Å². The molecule has 1 unspecified atom stereocenters. The van der Waals surface area contributed by atoms with E-state index in [0.717, 1.165) is 29.7 Å². The minimum atomic E-state index is -0.798. The van der Waals surface area contributed by atoms with Crippen LogP contribution in [0.3, 0.4) is 0 Å². The minimum absolute atomic E-state index is 0.0461. The molecule has 2 heterocycles. The minimum Gasteiger partial charge on any atom is -0.492 e. The maximum absolute atomic E-state index is 12.6. The number of benzene rings is 2. The first-order chi connectivity index (χ1) is 19.3. The summed E-state index contributed by atoms with van der Waals surface area (Å²) in [6.45, 7) is 12.5. The molecule has 41 heavy (non-hydrogen) atoms. The highest BCUT2D eigenvalue weighted by molar-refractivity contribution is 6.52. The summed E-state index contributed by atoms with van der Waals surface area (Å²) in [6.07, 6.45) is 1.05. The molecule has 0 aromatic heterocycles. The van der Waals surface area contributed by atoms with E-state index in [-0.39, 0.29) is 23.4 Å². The van der Waals surface area contributed by atoms with Crippen LogP contribution in [-0.2, 0) is 14.3 Å². The number of nitrogens with two attached hydrogens (primary N) is 1. The fraction of sp³-hybridized carbons (Fsp3) is 0.364. The van der Waals surface area contributed by atoms with Gasteiger partial charge >= 0.3 is 0 Å². The molecule has 4 aliphatic rings. The van der Waals surface area contributed by atoms with Gasteiger partial charge in [-0.1, -0.05) is 30.8 Å². The van der Waals surface area contributed by atoms with Crippen molar-refractivity contribution in [3.8, 4) is 5.75 Å². The van der Waals surface area contributed by atoms with E-state index >= 15 is 0 Å². The van der Waals surface area contributed by atoms with Crippen LogP contribution in [-0.4, -0.2) is 52.9 Å². The summed E-state index contributed by atoms with van der Waals surface area (Å²) in [5.41, 5.74) is 8.65. The van der Waals surface area contributed by atoms with Crippen LogP contribution in [0.15, 0.2) is 65.8 Å². The molecule has 0 saturated carbocycles. The zero-order chi connectivity index (χ0) is 29.7. The van der Waals surface area contributed by atoms with E-state index in [1.807, 2.05) is 12.1 Å². The summed E-state index contributed by atoms with van der Waals surface area (Å²) in [7, 11) is 0. The Balaban J connectivity index is 0.000000166. The number of carbonyl (C=O) groups is 3. The van der Waals surface area contributed by atoms with Crippen LogP contribution in [0.25, 0.3) is 11.5 Å². The third-order valence-corrected chi connectivity index (χ3v) is 7.87. The average molecular weight is 558 g/mol. The van der Waals surface area contributed by atoms with Crippen LogP contribution in [0, 0.1) is 0 Å². The third kappa shape index (κ3) is 5.13. The zero-order valence-electron chi connectivity index (χ0n) is 23.8. The Morgan fingerprint density at radius 2 is 1.56 bits per heavy atom. The molecule has 214 valence electrons. The van der Waals surface area contributed by atoms with Crippen LogP contribution in [0.2, 0.25) is 0 Å². The molecule has 6 rings (SSSR count). The normalized spacial score (nSPS) is 21.9. The highest BCUT2D eigenvalue weighted by Crippen LogP contribution is 2.45. The van der Waals surface area contributed by atoms with Gasteiger partial charge in [-0.2, -0.15) is 0 Å². The highest BCUT2D eigenvalue weighted by Gasteiger charge is 2.44. The molecular formula is C33H35NO7. The molecule has 2 aliphatic carbocycles. The van der Waals surface area contributed by atoms with E-state index in [9.17, 15) is 19.5 Å². The fourth-order valence-corrected chi connectivity index (χ4v) is 5.39. The van der Waals surface area contributed by atoms with Crippen molar-refractivity contribution in [1.29, 1.82) is 0 Å². The van der Waals surface area contributed by atoms with Crippen LogP contribution in [0.5, 0.6) is 5.75 Å². The monoisotopic (exact) mass is 557 g/mol. The Kier molecular flexibility index (Phi) is 7.26. The Morgan fingerprint density at radius 3 is 2.27 bits per heavy atom. The van der Waals surface area contributed by atoms with Crippen molar-refractivity contribution in [3.05, 3.63) is 88.0 Å². The van der Waals surface area contributed by atoms with Crippen molar-refractivity contribution in [1.82, 2.24) is 0 Å². The highest BCUT2D eigenvalue weighted by atomic mass is 16.5. The van der Waals surface area contributed by atoms with Gasteiger partial charge in [0.05, 0.1) is 6.10 Å². The molecule has 2 aromatic rings. The van der Waals surface area contributed by atoms with Gasteiger partial charge in [0.15, 0.2) is 5.78 Å². The fourth-order valence-electron chi connectivity index (χ4n) is 5.39. The van der Waals surface area contributed by atoms with Crippen LogP contribution in [0.4, 0.5) is 0 Å². The van der Waals surface area contributed by atoms with E-state index in [1.54, 1.807) is 44.2 Å². The van der Waals surface area contributed by atoms with Crippen LogP contribution < -0.4 is 10.5 Å². The van der Waals surface area contributed by atoms with E-state index in [1.165, 1.54) is 0 Å². The summed E-state index contributed by atoms with van der Waals surface area (Å²) in [5, 5.41) is 10.0. The molecule has 2 aliphatic heterocycles. The number of ketones is 3. The number of ether oxygens (including phenoxy) is 3. The van der Waals surface area contributed by atoms with Gasteiger partial charge in [-0.05, 0) is 58.7 Å². The lowest BCUT2D eigenvalue weighted by Gasteiger charge is -2.39. The molecule has 8 nitrogen and oxygen atoms in total. The standard InChI is InChI=1S/C18H21NO3.C15H14O4/c1-11-13-6-7-18(2,3)22-17(13)14-5-4-12(21-9-8-19)10-15(14)16(11)20;1-15(2)11(16)7-10-13(18)12(17)8-5-3-4-6-9(8)14(10)19-15/h4-5,10H,1,6-9,19H2,2-3H3;3-6,11,16H,7H2,1-2H3. The topological polar surface area (TPSA) is 125 Å². The number of hydrogen-bond acceptors (Lipinski definition) is 8. The number of fused-ring (bicyclic) bond motifs is 4. The Hall–Kier alpha value is -4.01. The van der Waals surface area contributed by atoms with Gasteiger partial charge in [0.1, 0.15) is 35.1 Å². The summed E-state index contributed by atoms with van der Waals surface area (Å²) in [6, 6.07) is 12.4. The van der Waals surface area contributed by atoms with Gasteiger partial charge in [0.2, 0.25) is 11.6 Å². The second-order valence-corrected chi connectivity index (χ2v) is 11.8. The van der Waals surface area contributed by atoms with Crippen molar-refractivity contribution < 1.29 is 33.7 Å². The third-order valence-electron chi connectivity index (χ3n) is 7.87. The van der Waals surface area contributed by atoms with Gasteiger partial charge < -0.3 is 25.1 Å². The molecule has 3 N–H and O–H groups in total. The van der Waals surface area contributed by atoms with Crippen LogP contribution >= 0.6 is 0 Å². The van der Waals surface area contributed by atoms with E-state index in [2.05, 4.69) is 20.4 Å². The quantitative estimate of drug-likeness (QED) is 0.407. The molecular weight excluding hydrogens is 522 g/mol. The summed E-state index contributed by atoms with van der Waals surface area (Å²) in [4.78, 5) is 36.7. The number of aliphatic hydroxyl groups is 1. The smallest absolute Gasteiger partial charge is 0.234 e. The number of allylic oxidation sites excluding steroid dienone is 2. The average Bonchev–Trinajstić information content (AvgIpc) is 2.94. The molecule has 8 heteroatoms.